The van der Waals surface area contributed by atoms with E-state index in [2.05, 4.69) is 15.5 Å². The van der Waals surface area contributed by atoms with Gasteiger partial charge in [-0.1, -0.05) is 38.5 Å². The van der Waals surface area contributed by atoms with Crippen LogP contribution < -0.4 is 16.4 Å². The maximum atomic E-state index is 13.7. The van der Waals surface area contributed by atoms with E-state index in [1.807, 2.05) is 0 Å². The third-order valence-electron chi connectivity index (χ3n) is 7.38. The van der Waals surface area contributed by atoms with Gasteiger partial charge in [0, 0.05) is 17.5 Å². The van der Waals surface area contributed by atoms with E-state index >= 15 is 0 Å². The van der Waals surface area contributed by atoms with Crippen molar-refractivity contribution in [3.63, 3.8) is 0 Å². The molecule has 204 valence electrons. The fourth-order valence-electron chi connectivity index (χ4n) is 5.57. The predicted octanol–water partition coefficient (Wildman–Crippen LogP) is 1.60. The van der Waals surface area contributed by atoms with Crippen LogP contribution in [0, 0.1) is 17.8 Å². The van der Waals surface area contributed by atoms with Gasteiger partial charge in [-0.3, -0.25) is 19.2 Å². The molecule has 2 fully saturated rings. The molecule has 0 bridgehead atoms. The van der Waals surface area contributed by atoms with Crippen LogP contribution in [0.5, 0.6) is 0 Å². The Morgan fingerprint density at radius 2 is 1.82 bits per heavy atom. The average molecular weight is 535 g/mol. The molecule has 1 aliphatic carbocycles. The molecular formula is C25H29F3N6O4. The van der Waals surface area contributed by atoms with Crippen LogP contribution in [-0.2, 0) is 19.2 Å². The summed E-state index contributed by atoms with van der Waals surface area (Å²) in [5, 5.41) is 12.9. The maximum Gasteiger partial charge on any atom is 0.471 e. The summed E-state index contributed by atoms with van der Waals surface area (Å²) in [6.07, 6.45) is -1.62. The van der Waals surface area contributed by atoms with Crippen LogP contribution in [0.1, 0.15) is 44.7 Å². The van der Waals surface area contributed by atoms with Crippen LogP contribution in [-0.4, -0.2) is 63.5 Å². The molecule has 0 spiro atoms. The highest BCUT2D eigenvalue weighted by atomic mass is 19.4. The molecule has 13 heteroatoms. The summed E-state index contributed by atoms with van der Waals surface area (Å²) < 4.78 is 38.8. The Morgan fingerprint density at radius 1 is 1.11 bits per heavy atom. The molecule has 5 atom stereocenters. The number of carbonyl (C=O) groups excluding carboxylic acids is 4. The molecule has 38 heavy (non-hydrogen) atoms. The van der Waals surface area contributed by atoms with Crippen LogP contribution >= 0.6 is 0 Å². The smallest absolute Gasteiger partial charge is 0.368 e. The number of benzene rings is 1. The summed E-state index contributed by atoms with van der Waals surface area (Å²) in [5.74, 6) is -5.46. The minimum absolute atomic E-state index is 0.0312. The van der Waals surface area contributed by atoms with E-state index in [1.54, 1.807) is 29.6 Å². The van der Waals surface area contributed by atoms with Crippen molar-refractivity contribution in [2.24, 2.45) is 23.5 Å². The van der Waals surface area contributed by atoms with Crippen molar-refractivity contribution in [1.29, 1.82) is 0 Å². The monoisotopic (exact) mass is 534 g/mol. The number of halogens is 3. The minimum atomic E-state index is -5.16. The SMILES string of the molecule is CC(C)[C@H](NC(=O)C(F)(F)F)C(=O)N1C[C@@H]2CCC[C@@H]2[C@H]1C(=O)NC(C(N)=O)c1cnnc2ccccc12. The number of likely N-dealkylation sites (tertiary alicyclic amines) is 1. The van der Waals surface area contributed by atoms with Crippen LogP contribution in [0.25, 0.3) is 10.9 Å². The second-order valence-electron chi connectivity index (χ2n) is 10.1. The van der Waals surface area contributed by atoms with Gasteiger partial charge in [-0.15, -0.1) is 0 Å². The molecule has 1 unspecified atom stereocenters. The highest BCUT2D eigenvalue weighted by Crippen LogP contribution is 2.43. The number of fused-ring (bicyclic) bond motifs is 2. The van der Waals surface area contributed by atoms with Gasteiger partial charge in [-0.05, 0) is 36.7 Å². The first-order valence-corrected chi connectivity index (χ1v) is 12.4. The summed E-state index contributed by atoms with van der Waals surface area (Å²) in [6.45, 7) is 3.18. The van der Waals surface area contributed by atoms with Gasteiger partial charge >= 0.3 is 12.1 Å². The Bertz CT molecular complexity index is 1250. The van der Waals surface area contributed by atoms with Crippen LogP contribution in [0.4, 0.5) is 13.2 Å². The zero-order chi connectivity index (χ0) is 27.8. The molecular weight excluding hydrogens is 505 g/mol. The highest BCUT2D eigenvalue weighted by Gasteiger charge is 2.52. The number of nitrogens with two attached hydrogens (primary N) is 1. The standard InChI is InChI=1S/C25H29F3N6O4/c1-12(2)18(32-24(38)25(26,27)28)23(37)34-11-13-6-5-8-14(13)20(34)22(36)31-19(21(29)35)16-10-30-33-17-9-4-3-7-15(16)17/h3-4,7,9-10,12-14,18-20H,5-6,8,11H2,1-2H3,(H2,29,35)(H,31,36)(H,32,38)/t13-,14-,18-,19?,20-/m0/s1. The van der Waals surface area contributed by atoms with Crippen molar-refractivity contribution in [2.75, 3.05) is 6.54 Å². The third kappa shape index (κ3) is 5.27. The summed E-state index contributed by atoms with van der Waals surface area (Å²) in [7, 11) is 0. The molecule has 1 saturated heterocycles. The molecule has 1 aromatic heterocycles. The molecule has 4 N–H and O–H groups in total. The third-order valence-corrected chi connectivity index (χ3v) is 7.38. The fourth-order valence-corrected chi connectivity index (χ4v) is 5.57. The molecule has 2 aliphatic rings. The molecule has 1 aromatic carbocycles. The van der Waals surface area contributed by atoms with E-state index in [-0.39, 0.29) is 18.4 Å². The lowest BCUT2D eigenvalue weighted by atomic mass is 9.92. The molecule has 0 radical (unpaired) electrons. The molecule has 1 saturated carbocycles. The van der Waals surface area contributed by atoms with E-state index in [0.717, 1.165) is 12.8 Å². The number of primary amides is 1. The number of carbonyl (C=O) groups is 4. The predicted molar refractivity (Wildman–Crippen MR) is 129 cm³/mol. The summed E-state index contributed by atoms with van der Waals surface area (Å²) in [6, 6.07) is 3.05. The number of alkyl halides is 3. The Hall–Kier alpha value is -3.77. The Balaban J connectivity index is 1.63. The summed E-state index contributed by atoms with van der Waals surface area (Å²) >= 11 is 0. The lowest BCUT2D eigenvalue weighted by Crippen LogP contribution is -2.58. The normalized spacial score (nSPS) is 22.7. The molecule has 4 amide bonds. The second-order valence-corrected chi connectivity index (χ2v) is 10.1. The number of amides is 4. The first-order chi connectivity index (χ1) is 17.9. The lowest BCUT2D eigenvalue weighted by molar-refractivity contribution is -0.175. The van der Waals surface area contributed by atoms with Crippen molar-refractivity contribution in [3.8, 4) is 0 Å². The molecule has 1 aliphatic heterocycles. The maximum absolute atomic E-state index is 13.7. The zero-order valence-electron chi connectivity index (χ0n) is 20.9. The van der Waals surface area contributed by atoms with Gasteiger partial charge in [-0.2, -0.15) is 23.4 Å². The van der Waals surface area contributed by atoms with Crippen molar-refractivity contribution in [3.05, 3.63) is 36.0 Å². The van der Waals surface area contributed by atoms with Gasteiger partial charge in [0.1, 0.15) is 18.1 Å². The van der Waals surface area contributed by atoms with E-state index in [0.29, 0.717) is 22.9 Å². The summed E-state index contributed by atoms with van der Waals surface area (Å²) in [5.41, 5.74) is 6.47. The number of rotatable bonds is 7. The van der Waals surface area contributed by atoms with Crippen molar-refractivity contribution < 1.29 is 32.3 Å². The lowest BCUT2D eigenvalue weighted by Gasteiger charge is -2.33. The average Bonchev–Trinajstić information content (AvgIpc) is 3.45. The minimum Gasteiger partial charge on any atom is -0.368 e. The molecule has 2 heterocycles. The van der Waals surface area contributed by atoms with Crippen molar-refractivity contribution in [2.45, 2.75) is 57.4 Å². The topological polar surface area (TPSA) is 147 Å². The second kappa shape index (κ2) is 10.5. The first-order valence-electron chi connectivity index (χ1n) is 12.4. The van der Waals surface area contributed by atoms with E-state index in [9.17, 15) is 32.3 Å². The number of aromatic nitrogens is 2. The Labute approximate surface area is 216 Å². The van der Waals surface area contributed by atoms with Gasteiger partial charge in [-0.25, -0.2) is 0 Å². The zero-order valence-corrected chi connectivity index (χ0v) is 20.9. The van der Waals surface area contributed by atoms with Gasteiger partial charge in [0.2, 0.25) is 17.7 Å². The molecule has 4 rings (SSSR count). The van der Waals surface area contributed by atoms with Gasteiger partial charge in [0.15, 0.2) is 0 Å². The quantitative estimate of drug-likeness (QED) is 0.492. The number of hydrogen-bond donors (Lipinski definition) is 3. The van der Waals surface area contributed by atoms with Crippen molar-refractivity contribution >= 4 is 34.5 Å². The van der Waals surface area contributed by atoms with E-state index in [1.165, 1.54) is 24.9 Å². The fraction of sp³-hybridized carbons (Fsp3) is 0.520. The first kappa shape index (κ1) is 27.3. The van der Waals surface area contributed by atoms with Crippen LogP contribution in [0.2, 0.25) is 0 Å². The van der Waals surface area contributed by atoms with Crippen molar-refractivity contribution in [1.82, 2.24) is 25.7 Å². The number of hydrogen-bond acceptors (Lipinski definition) is 6. The number of nitrogens with zero attached hydrogens (tertiary/aromatic N) is 3. The number of nitrogens with one attached hydrogen (secondary N) is 2. The van der Waals surface area contributed by atoms with E-state index < -0.39 is 53.8 Å². The Kier molecular flexibility index (Phi) is 7.56. The Morgan fingerprint density at radius 3 is 2.47 bits per heavy atom. The van der Waals surface area contributed by atoms with Gasteiger partial charge in [0.05, 0.1) is 11.7 Å². The highest BCUT2D eigenvalue weighted by molar-refractivity contribution is 5.97. The molecule has 2 aromatic rings. The molecule has 10 nitrogen and oxygen atoms in total. The van der Waals surface area contributed by atoms with Gasteiger partial charge < -0.3 is 21.3 Å². The van der Waals surface area contributed by atoms with E-state index in [4.69, 9.17) is 5.73 Å². The van der Waals surface area contributed by atoms with Gasteiger partial charge in [0.25, 0.3) is 0 Å². The largest absolute Gasteiger partial charge is 0.471 e. The summed E-state index contributed by atoms with van der Waals surface area (Å²) in [4.78, 5) is 52.6. The van der Waals surface area contributed by atoms with Crippen LogP contribution in [0.15, 0.2) is 30.5 Å². The van der Waals surface area contributed by atoms with Crippen LogP contribution in [0.3, 0.4) is 0 Å².